The Morgan fingerprint density at radius 1 is 1.64 bits per heavy atom. The Morgan fingerprint density at radius 3 is 2.36 bits per heavy atom. The summed E-state index contributed by atoms with van der Waals surface area (Å²) in [6.45, 7) is 8.04. The van der Waals surface area contributed by atoms with Crippen LogP contribution in [0, 0.1) is 0 Å². The van der Waals surface area contributed by atoms with Gasteiger partial charge in [-0.2, -0.15) is 0 Å². The molecular formula is C8H18N2O. The third kappa shape index (κ3) is 3.49. The van der Waals surface area contributed by atoms with Crippen LogP contribution in [0.25, 0.3) is 0 Å². The fraction of sp³-hybridized carbons (Fsp3) is 0.875. The summed E-state index contributed by atoms with van der Waals surface area (Å²) in [5, 5.41) is 3.02. The Hall–Kier alpha value is -0.410. The minimum absolute atomic E-state index is 0.0550. The molecule has 0 saturated heterocycles. The lowest BCUT2D eigenvalue weighted by Gasteiger charge is -2.21. The van der Waals surface area contributed by atoms with Gasteiger partial charge in [0.1, 0.15) is 0 Å². The maximum absolute atomic E-state index is 11.4. The Kier molecular flexibility index (Phi) is 3.69. The third-order valence-corrected chi connectivity index (χ3v) is 1.54. The van der Waals surface area contributed by atoms with E-state index in [0.717, 1.165) is 6.54 Å². The number of likely N-dealkylation sites (N-methyl/N-ethyl adjacent to an activating group) is 1. The van der Waals surface area contributed by atoms with Crippen molar-refractivity contribution in [2.45, 2.75) is 39.3 Å². The molecule has 11 heavy (non-hydrogen) atoms. The summed E-state index contributed by atoms with van der Waals surface area (Å²) in [6, 6.07) is -0.139. The number of hydrogen-bond donors (Lipinski definition) is 2. The quantitative estimate of drug-likeness (QED) is 0.618. The molecule has 0 rings (SSSR count). The second-order valence-corrected chi connectivity index (χ2v) is 3.37. The summed E-state index contributed by atoms with van der Waals surface area (Å²) in [6.07, 6.45) is 0. The maximum Gasteiger partial charge on any atom is 0.168 e. The zero-order chi connectivity index (χ0) is 9.07. The first-order valence-electron chi connectivity index (χ1n) is 3.96. The number of Topliss-reactive ketones (excluding diaryl/α,β-unsaturated/α-hetero) is 1. The largest absolute Gasteiger partial charge is 0.319 e. The van der Waals surface area contributed by atoms with Gasteiger partial charge in [0.15, 0.2) is 5.78 Å². The van der Waals surface area contributed by atoms with Crippen molar-refractivity contribution in [1.29, 1.82) is 0 Å². The lowest BCUT2D eigenvalue weighted by Crippen LogP contribution is -2.51. The highest BCUT2D eigenvalue weighted by atomic mass is 16.1. The van der Waals surface area contributed by atoms with Crippen molar-refractivity contribution in [3.05, 3.63) is 0 Å². The third-order valence-electron chi connectivity index (χ3n) is 1.54. The number of nitrogens with two attached hydrogens (primary N) is 1. The van der Waals surface area contributed by atoms with Gasteiger partial charge in [0.05, 0.1) is 11.6 Å². The standard InChI is InChI=1S/C8H18N2O/c1-5-10-6(2)7(11)8(3,4)9/h6,10H,5,9H2,1-4H3. The molecule has 0 amide bonds. The average Bonchev–Trinajstić information content (AvgIpc) is 1.85. The molecule has 0 aromatic heterocycles. The highest BCUT2D eigenvalue weighted by Gasteiger charge is 2.26. The highest BCUT2D eigenvalue weighted by Crippen LogP contribution is 2.02. The Bertz CT molecular complexity index is 138. The first-order chi connectivity index (χ1) is 4.89. The van der Waals surface area contributed by atoms with Crippen LogP contribution < -0.4 is 11.1 Å². The molecule has 0 spiro atoms. The monoisotopic (exact) mass is 158 g/mol. The lowest BCUT2D eigenvalue weighted by molar-refractivity contribution is -0.124. The second kappa shape index (κ2) is 3.83. The molecular weight excluding hydrogens is 140 g/mol. The first kappa shape index (κ1) is 10.6. The fourth-order valence-electron chi connectivity index (χ4n) is 0.957. The molecule has 0 aromatic carbocycles. The Morgan fingerprint density at radius 2 is 2.09 bits per heavy atom. The van der Waals surface area contributed by atoms with Crippen LogP contribution in [0.2, 0.25) is 0 Å². The molecule has 0 fully saturated rings. The molecule has 3 heteroatoms. The van der Waals surface area contributed by atoms with Crippen molar-refractivity contribution in [2.75, 3.05) is 6.54 Å². The van der Waals surface area contributed by atoms with Gasteiger partial charge < -0.3 is 11.1 Å². The molecule has 0 aliphatic heterocycles. The maximum atomic E-state index is 11.4. The van der Waals surface area contributed by atoms with Gasteiger partial charge in [0, 0.05) is 0 Å². The van der Waals surface area contributed by atoms with Gasteiger partial charge in [-0.15, -0.1) is 0 Å². The molecule has 0 saturated carbocycles. The number of hydrogen-bond acceptors (Lipinski definition) is 3. The van der Waals surface area contributed by atoms with Gasteiger partial charge >= 0.3 is 0 Å². The topological polar surface area (TPSA) is 55.1 Å². The number of ketones is 1. The molecule has 1 unspecified atom stereocenters. The van der Waals surface area contributed by atoms with Crippen LogP contribution in [0.3, 0.4) is 0 Å². The predicted octanol–water partition coefficient (Wildman–Crippen LogP) is 0.291. The van der Waals surface area contributed by atoms with Crippen molar-refractivity contribution < 1.29 is 4.79 Å². The lowest BCUT2D eigenvalue weighted by atomic mass is 9.95. The smallest absolute Gasteiger partial charge is 0.168 e. The zero-order valence-electron chi connectivity index (χ0n) is 7.77. The van der Waals surface area contributed by atoms with E-state index in [1.807, 2.05) is 13.8 Å². The molecule has 0 aliphatic carbocycles. The normalized spacial score (nSPS) is 14.6. The van der Waals surface area contributed by atoms with Crippen LogP contribution in [0.4, 0.5) is 0 Å². The Balaban J connectivity index is 4.03. The highest BCUT2D eigenvalue weighted by molar-refractivity contribution is 5.91. The molecule has 0 radical (unpaired) electrons. The fourth-order valence-corrected chi connectivity index (χ4v) is 0.957. The minimum atomic E-state index is -0.721. The van der Waals surface area contributed by atoms with Gasteiger partial charge in [-0.25, -0.2) is 0 Å². The summed E-state index contributed by atoms with van der Waals surface area (Å²) in [7, 11) is 0. The van der Waals surface area contributed by atoms with Crippen LogP contribution in [-0.2, 0) is 4.79 Å². The summed E-state index contributed by atoms with van der Waals surface area (Å²) in [4.78, 5) is 11.4. The van der Waals surface area contributed by atoms with Crippen molar-refractivity contribution in [3.8, 4) is 0 Å². The molecule has 3 N–H and O–H groups in total. The zero-order valence-corrected chi connectivity index (χ0v) is 7.77. The van der Waals surface area contributed by atoms with E-state index in [2.05, 4.69) is 5.32 Å². The average molecular weight is 158 g/mol. The van der Waals surface area contributed by atoms with E-state index >= 15 is 0 Å². The Labute approximate surface area is 68.3 Å². The van der Waals surface area contributed by atoms with Crippen LogP contribution in [0.5, 0.6) is 0 Å². The molecule has 66 valence electrons. The van der Waals surface area contributed by atoms with E-state index in [0.29, 0.717) is 0 Å². The van der Waals surface area contributed by atoms with E-state index in [9.17, 15) is 4.79 Å². The predicted molar refractivity (Wildman–Crippen MR) is 46.4 cm³/mol. The van der Waals surface area contributed by atoms with Crippen molar-refractivity contribution >= 4 is 5.78 Å². The van der Waals surface area contributed by atoms with E-state index in [-0.39, 0.29) is 11.8 Å². The van der Waals surface area contributed by atoms with Crippen LogP contribution in [0.15, 0.2) is 0 Å². The van der Waals surface area contributed by atoms with Crippen molar-refractivity contribution in [3.63, 3.8) is 0 Å². The van der Waals surface area contributed by atoms with Crippen LogP contribution in [-0.4, -0.2) is 23.9 Å². The van der Waals surface area contributed by atoms with Crippen LogP contribution >= 0.6 is 0 Å². The molecule has 3 nitrogen and oxygen atoms in total. The summed E-state index contributed by atoms with van der Waals surface area (Å²) >= 11 is 0. The number of rotatable bonds is 4. The summed E-state index contributed by atoms with van der Waals surface area (Å²) in [5.74, 6) is 0.0550. The molecule has 0 aliphatic rings. The molecule has 1 atom stereocenters. The van der Waals surface area contributed by atoms with Crippen molar-refractivity contribution in [2.24, 2.45) is 5.73 Å². The second-order valence-electron chi connectivity index (χ2n) is 3.37. The van der Waals surface area contributed by atoms with E-state index in [1.54, 1.807) is 13.8 Å². The summed E-state index contributed by atoms with van der Waals surface area (Å²) < 4.78 is 0. The van der Waals surface area contributed by atoms with Gasteiger partial charge in [0.25, 0.3) is 0 Å². The van der Waals surface area contributed by atoms with Gasteiger partial charge in [-0.05, 0) is 27.3 Å². The number of nitrogens with one attached hydrogen (secondary N) is 1. The van der Waals surface area contributed by atoms with Gasteiger partial charge in [-0.1, -0.05) is 6.92 Å². The summed E-state index contributed by atoms with van der Waals surface area (Å²) in [5.41, 5.74) is 4.90. The number of carbonyl (C=O) groups is 1. The number of carbonyl (C=O) groups excluding carboxylic acids is 1. The molecule has 0 aromatic rings. The van der Waals surface area contributed by atoms with Gasteiger partial charge in [-0.3, -0.25) is 4.79 Å². The van der Waals surface area contributed by atoms with Crippen LogP contribution in [0.1, 0.15) is 27.7 Å². The minimum Gasteiger partial charge on any atom is -0.319 e. The van der Waals surface area contributed by atoms with E-state index < -0.39 is 5.54 Å². The van der Waals surface area contributed by atoms with Crippen molar-refractivity contribution in [1.82, 2.24) is 5.32 Å². The molecule has 0 bridgehead atoms. The van der Waals surface area contributed by atoms with E-state index in [1.165, 1.54) is 0 Å². The molecule has 0 heterocycles. The SMILES string of the molecule is CCNC(C)C(=O)C(C)(C)N. The van der Waals surface area contributed by atoms with Gasteiger partial charge in [0.2, 0.25) is 0 Å². The first-order valence-corrected chi connectivity index (χ1v) is 3.96. The van der Waals surface area contributed by atoms with E-state index in [4.69, 9.17) is 5.73 Å².